The number of fused-ring (bicyclic) bond motifs is 1. The first-order valence-corrected chi connectivity index (χ1v) is 7.16. The quantitative estimate of drug-likeness (QED) is 0.799. The van der Waals surface area contributed by atoms with E-state index in [2.05, 4.69) is 50.5 Å². The Bertz CT molecular complexity index is 377. The summed E-state index contributed by atoms with van der Waals surface area (Å²) in [5.74, 6) is 0.716. The molecule has 0 saturated heterocycles. The van der Waals surface area contributed by atoms with E-state index in [1.54, 1.807) is 5.56 Å². The molecule has 1 aliphatic carbocycles. The summed E-state index contributed by atoms with van der Waals surface area (Å²) in [5.41, 5.74) is 3.07. The van der Waals surface area contributed by atoms with Crippen molar-refractivity contribution in [3.05, 3.63) is 35.4 Å². The summed E-state index contributed by atoms with van der Waals surface area (Å²) in [6.45, 7) is 5.09. The summed E-state index contributed by atoms with van der Waals surface area (Å²) >= 11 is 0. The molecule has 1 N–H and O–H groups in total. The lowest BCUT2D eigenvalue weighted by Crippen LogP contribution is -2.41. The monoisotopic (exact) mass is 247 g/mol. The molecule has 2 heteroatoms. The molecule has 0 spiro atoms. The van der Waals surface area contributed by atoms with Gasteiger partial charge in [0, 0.05) is 12.6 Å². The Hall–Kier alpha value is -0.860. The fourth-order valence-corrected chi connectivity index (χ4v) is 3.07. The minimum absolute atomic E-state index is 0.341. The molecule has 2 nitrogen and oxygen atoms in total. The van der Waals surface area contributed by atoms with Crippen LogP contribution in [0.25, 0.3) is 0 Å². The third kappa shape index (κ3) is 2.76. The van der Waals surface area contributed by atoms with E-state index in [0.717, 1.165) is 13.0 Å². The molecule has 1 aromatic rings. The van der Waals surface area contributed by atoms with Gasteiger partial charge < -0.3 is 10.1 Å². The van der Waals surface area contributed by atoms with Crippen molar-refractivity contribution in [2.75, 3.05) is 13.7 Å². The number of ether oxygens (including phenoxy) is 1. The fourth-order valence-electron chi connectivity index (χ4n) is 3.07. The summed E-state index contributed by atoms with van der Waals surface area (Å²) in [7, 11) is 2.05. The maximum atomic E-state index is 5.84. The van der Waals surface area contributed by atoms with Crippen molar-refractivity contribution < 1.29 is 4.74 Å². The number of rotatable bonds is 7. The minimum Gasteiger partial charge on any atom is -0.377 e. The highest BCUT2D eigenvalue weighted by molar-refractivity contribution is 5.39. The highest BCUT2D eigenvalue weighted by Gasteiger charge is 2.30. The molecule has 1 aromatic carbocycles. The lowest BCUT2D eigenvalue weighted by molar-refractivity contribution is 0.0292. The van der Waals surface area contributed by atoms with E-state index in [9.17, 15) is 0 Å². The van der Waals surface area contributed by atoms with E-state index in [4.69, 9.17) is 4.74 Å². The number of likely N-dealkylation sites (N-methyl/N-ethyl adjacent to an activating group) is 1. The van der Waals surface area contributed by atoms with E-state index in [0.29, 0.717) is 18.1 Å². The minimum atomic E-state index is 0.341. The summed E-state index contributed by atoms with van der Waals surface area (Å²) < 4.78 is 5.84. The van der Waals surface area contributed by atoms with Crippen molar-refractivity contribution in [2.45, 2.75) is 51.2 Å². The van der Waals surface area contributed by atoms with E-state index >= 15 is 0 Å². The molecule has 100 valence electrons. The van der Waals surface area contributed by atoms with Gasteiger partial charge in [0.1, 0.15) is 0 Å². The van der Waals surface area contributed by atoms with Gasteiger partial charge in [-0.25, -0.2) is 0 Å². The Morgan fingerprint density at radius 2 is 2.11 bits per heavy atom. The molecule has 3 unspecified atom stereocenters. The van der Waals surface area contributed by atoms with Crippen LogP contribution in [-0.4, -0.2) is 25.8 Å². The van der Waals surface area contributed by atoms with Gasteiger partial charge in [0.2, 0.25) is 0 Å². The second kappa shape index (κ2) is 6.35. The van der Waals surface area contributed by atoms with Crippen molar-refractivity contribution in [3.8, 4) is 0 Å². The number of nitrogens with one attached hydrogen (secondary N) is 1. The van der Waals surface area contributed by atoms with Crippen LogP contribution in [0, 0.1) is 0 Å². The van der Waals surface area contributed by atoms with Gasteiger partial charge in [-0.1, -0.05) is 31.2 Å². The van der Waals surface area contributed by atoms with Crippen LogP contribution < -0.4 is 5.32 Å². The summed E-state index contributed by atoms with van der Waals surface area (Å²) in [6.07, 6.45) is 3.84. The molecule has 0 bridgehead atoms. The van der Waals surface area contributed by atoms with Crippen LogP contribution in [0.5, 0.6) is 0 Å². The van der Waals surface area contributed by atoms with Crippen LogP contribution in [-0.2, 0) is 11.2 Å². The molecular formula is C16H25NO. The molecular weight excluding hydrogens is 222 g/mol. The molecule has 0 aliphatic heterocycles. The zero-order valence-corrected chi connectivity index (χ0v) is 11.8. The predicted octanol–water partition coefficient (Wildman–Crippen LogP) is 3.12. The van der Waals surface area contributed by atoms with Gasteiger partial charge in [0.05, 0.1) is 6.10 Å². The van der Waals surface area contributed by atoms with Gasteiger partial charge in [-0.3, -0.25) is 0 Å². The smallest absolute Gasteiger partial charge is 0.0725 e. The first-order valence-electron chi connectivity index (χ1n) is 7.16. The van der Waals surface area contributed by atoms with Crippen LogP contribution in [0.15, 0.2) is 24.3 Å². The maximum Gasteiger partial charge on any atom is 0.0725 e. The molecule has 0 amide bonds. The predicted molar refractivity (Wildman–Crippen MR) is 76.1 cm³/mol. The molecule has 0 radical (unpaired) electrons. The molecule has 18 heavy (non-hydrogen) atoms. The lowest BCUT2D eigenvalue weighted by Gasteiger charge is -2.35. The van der Waals surface area contributed by atoms with E-state index in [1.165, 1.54) is 18.4 Å². The summed E-state index contributed by atoms with van der Waals surface area (Å²) in [6, 6.07) is 9.28. The van der Waals surface area contributed by atoms with Crippen molar-refractivity contribution in [3.63, 3.8) is 0 Å². The first-order chi connectivity index (χ1) is 8.80. The fraction of sp³-hybridized carbons (Fsp3) is 0.625. The van der Waals surface area contributed by atoms with E-state index < -0.39 is 0 Å². The Morgan fingerprint density at radius 3 is 2.72 bits per heavy atom. The standard InChI is InChI=1S/C16H25NO/c1-4-16(18-5-2)15(17-3)11-13-10-12-8-6-7-9-14(12)13/h6-9,13,15-17H,4-5,10-11H2,1-3H3. The molecule has 3 atom stereocenters. The zero-order chi connectivity index (χ0) is 13.0. The van der Waals surface area contributed by atoms with Crippen LogP contribution in [0.4, 0.5) is 0 Å². The molecule has 1 aliphatic rings. The van der Waals surface area contributed by atoms with Gasteiger partial charge in [-0.2, -0.15) is 0 Å². The van der Waals surface area contributed by atoms with Crippen LogP contribution in [0.3, 0.4) is 0 Å². The highest BCUT2D eigenvalue weighted by Crippen LogP contribution is 2.38. The number of hydrogen-bond acceptors (Lipinski definition) is 2. The normalized spacial score (nSPS) is 20.9. The Morgan fingerprint density at radius 1 is 1.33 bits per heavy atom. The molecule has 0 fully saturated rings. The topological polar surface area (TPSA) is 21.3 Å². The van der Waals surface area contributed by atoms with Gasteiger partial charge in [-0.05, 0) is 50.3 Å². The zero-order valence-electron chi connectivity index (χ0n) is 11.8. The second-order valence-corrected chi connectivity index (χ2v) is 5.13. The third-order valence-corrected chi connectivity index (χ3v) is 4.10. The SMILES string of the molecule is CCOC(CC)C(CC1Cc2ccccc21)NC. The molecule has 0 saturated carbocycles. The van der Waals surface area contributed by atoms with Crippen molar-refractivity contribution in [1.29, 1.82) is 0 Å². The van der Waals surface area contributed by atoms with Crippen LogP contribution >= 0.6 is 0 Å². The van der Waals surface area contributed by atoms with Gasteiger partial charge in [-0.15, -0.1) is 0 Å². The maximum absolute atomic E-state index is 5.84. The molecule has 0 heterocycles. The highest BCUT2D eigenvalue weighted by atomic mass is 16.5. The Labute approximate surface area is 111 Å². The molecule has 0 aromatic heterocycles. The van der Waals surface area contributed by atoms with E-state index in [-0.39, 0.29) is 0 Å². The van der Waals surface area contributed by atoms with Crippen LogP contribution in [0.1, 0.15) is 43.7 Å². The second-order valence-electron chi connectivity index (χ2n) is 5.13. The number of hydrogen-bond donors (Lipinski definition) is 1. The summed E-state index contributed by atoms with van der Waals surface area (Å²) in [5, 5.41) is 3.44. The Balaban J connectivity index is 1.96. The van der Waals surface area contributed by atoms with Gasteiger partial charge >= 0.3 is 0 Å². The average Bonchev–Trinajstić information content (AvgIpc) is 2.38. The van der Waals surface area contributed by atoms with Crippen molar-refractivity contribution >= 4 is 0 Å². The third-order valence-electron chi connectivity index (χ3n) is 4.10. The first kappa shape index (κ1) is 13.6. The van der Waals surface area contributed by atoms with Crippen molar-refractivity contribution in [1.82, 2.24) is 5.32 Å². The molecule has 2 rings (SSSR count). The largest absolute Gasteiger partial charge is 0.377 e. The van der Waals surface area contributed by atoms with Crippen LogP contribution in [0.2, 0.25) is 0 Å². The lowest BCUT2D eigenvalue weighted by atomic mass is 9.74. The summed E-state index contributed by atoms with van der Waals surface area (Å²) in [4.78, 5) is 0. The average molecular weight is 247 g/mol. The van der Waals surface area contributed by atoms with Gasteiger partial charge in [0.15, 0.2) is 0 Å². The van der Waals surface area contributed by atoms with Crippen molar-refractivity contribution in [2.24, 2.45) is 0 Å². The number of benzene rings is 1. The Kier molecular flexibility index (Phi) is 4.79. The van der Waals surface area contributed by atoms with E-state index in [1.807, 2.05) is 0 Å². The van der Waals surface area contributed by atoms with Gasteiger partial charge in [0.25, 0.3) is 0 Å².